The zero-order chi connectivity index (χ0) is 22.1. The fourth-order valence-corrected chi connectivity index (χ4v) is 4.81. The predicted octanol–water partition coefficient (Wildman–Crippen LogP) is 3.63. The van der Waals surface area contributed by atoms with Crippen LogP contribution in [0.25, 0.3) is 11.4 Å². The molecule has 1 amide bonds. The summed E-state index contributed by atoms with van der Waals surface area (Å²) >= 11 is 6.13. The zero-order valence-corrected chi connectivity index (χ0v) is 18.4. The number of hydrogen-bond acceptors (Lipinski definition) is 4. The van der Waals surface area contributed by atoms with Crippen LogP contribution in [0.5, 0.6) is 0 Å². The highest BCUT2D eigenvalue weighted by molar-refractivity contribution is 6.30. The van der Waals surface area contributed by atoms with Gasteiger partial charge in [0.2, 0.25) is 5.91 Å². The van der Waals surface area contributed by atoms with Gasteiger partial charge in [-0.2, -0.15) is 0 Å². The first kappa shape index (κ1) is 21.2. The number of aliphatic hydroxyl groups is 1. The lowest BCUT2D eigenvalue weighted by Gasteiger charge is -2.22. The monoisotopic (exact) mass is 450 g/mol. The van der Waals surface area contributed by atoms with Gasteiger partial charge in [0, 0.05) is 47.0 Å². The van der Waals surface area contributed by atoms with Gasteiger partial charge in [-0.25, -0.2) is 4.98 Å². The molecule has 5 rings (SSSR count). The van der Waals surface area contributed by atoms with Crippen molar-refractivity contribution in [2.75, 3.05) is 0 Å². The molecule has 0 bridgehead atoms. The number of halogens is 1. The molecule has 2 saturated carbocycles. The molecule has 0 spiro atoms. The summed E-state index contributed by atoms with van der Waals surface area (Å²) < 4.78 is 0. The number of amides is 1. The molecule has 0 aliphatic heterocycles. The molecule has 6 nitrogen and oxygen atoms in total. The standard InChI is InChI=1S/C25H27ClN4O2/c26-17-8-4-5-15(11-17)13-27-20-12-19(25(32)29-18-9-10-18)23(31)22(20)21-14-28-24(30-21)16-6-2-1-3-7-16/h1-8,11,14,18-20,22-23,27,31H,9-10,12-13H2,(H,28,30)(H,29,32)/t19-,20+,22+,23+/m0/s1. The second kappa shape index (κ2) is 9.06. The number of aromatic amines is 1. The number of benzene rings is 2. The average molecular weight is 451 g/mol. The van der Waals surface area contributed by atoms with Gasteiger partial charge in [0.1, 0.15) is 5.82 Å². The molecular formula is C25H27ClN4O2. The number of carbonyl (C=O) groups excluding carboxylic acids is 1. The maximum absolute atomic E-state index is 12.8. The normalized spacial score (nSPS) is 25.1. The van der Waals surface area contributed by atoms with E-state index in [0.717, 1.165) is 35.5 Å². The molecule has 2 aliphatic rings. The van der Waals surface area contributed by atoms with E-state index in [1.54, 1.807) is 6.20 Å². The van der Waals surface area contributed by atoms with E-state index >= 15 is 0 Å². The number of imidazole rings is 1. The Morgan fingerprint density at radius 1 is 1.16 bits per heavy atom. The highest BCUT2D eigenvalue weighted by Gasteiger charge is 2.47. The van der Waals surface area contributed by atoms with Crippen molar-refractivity contribution in [3.63, 3.8) is 0 Å². The van der Waals surface area contributed by atoms with E-state index in [-0.39, 0.29) is 23.9 Å². The van der Waals surface area contributed by atoms with Crippen molar-refractivity contribution in [3.05, 3.63) is 77.1 Å². The average Bonchev–Trinajstić information content (AvgIpc) is 3.36. The van der Waals surface area contributed by atoms with E-state index in [1.807, 2.05) is 54.6 Å². The van der Waals surface area contributed by atoms with Crippen LogP contribution < -0.4 is 10.6 Å². The van der Waals surface area contributed by atoms with Crippen LogP contribution in [0.4, 0.5) is 0 Å². The minimum absolute atomic E-state index is 0.0557. The fourth-order valence-electron chi connectivity index (χ4n) is 4.60. The van der Waals surface area contributed by atoms with Gasteiger partial charge in [0.25, 0.3) is 0 Å². The van der Waals surface area contributed by atoms with Gasteiger partial charge >= 0.3 is 0 Å². The van der Waals surface area contributed by atoms with E-state index < -0.39 is 12.0 Å². The Bertz CT molecular complexity index is 1080. The first-order valence-electron chi connectivity index (χ1n) is 11.1. The van der Waals surface area contributed by atoms with Crippen molar-refractivity contribution in [2.45, 2.75) is 49.9 Å². The summed E-state index contributed by atoms with van der Waals surface area (Å²) in [6.45, 7) is 0.602. The number of aliphatic hydroxyl groups excluding tert-OH is 1. The largest absolute Gasteiger partial charge is 0.392 e. The highest BCUT2D eigenvalue weighted by Crippen LogP contribution is 2.40. The molecule has 0 unspecified atom stereocenters. The summed E-state index contributed by atoms with van der Waals surface area (Å²) in [5.41, 5.74) is 2.88. The Hall–Kier alpha value is -2.67. The van der Waals surface area contributed by atoms with Crippen molar-refractivity contribution in [1.29, 1.82) is 0 Å². The molecule has 0 saturated heterocycles. The fraction of sp³-hybridized carbons (Fsp3) is 0.360. The summed E-state index contributed by atoms with van der Waals surface area (Å²) in [4.78, 5) is 20.8. The maximum Gasteiger partial charge on any atom is 0.226 e. The van der Waals surface area contributed by atoms with E-state index in [2.05, 4.69) is 20.6 Å². The molecule has 4 N–H and O–H groups in total. The first-order chi connectivity index (χ1) is 15.6. The van der Waals surface area contributed by atoms with Crippen LogP contribution in [-0.2, 0) is 11.3 Å². The van der Waals surface area contributed by atoms with Crippen LogP contribution in [0.1, 0.15) is 36.4 Å². The van der Waals surface area contributed by atoms with E-state index in [9.17, 15) is 9.90 Å². The molecule has 2 aromatic carbocycles. The van der Waals surface area contributed by atoms with Gasteiger partial charge in [0.05, 0.1) is 12.0 Å². The van der Waals surface area contributed by atoms with Crippen LogP contribution in [-0.4, -0.2) is 39.2 Å². The molecule has 2 fully saturated rings. The molecule has 32 heavy (non-hydrogen) atoms. The van der Waals surface area contributed by atoms with E-state index in [4.69, 9.17) is 11.6 Å². The summed E-state index contributed by atoms with van der Waals surface area (Å²) in [6, 6.07) is 17.8. The van der Waals surface area contributed by atoms with Gasteiger partial charge < -0.3 is 20.7 Å². The molecule has 2 aliphatic carbocycles. The Morgan fingerprint density at radius 2 is 1.97 bits per heavy atom. The van der Waals surface area contributed by atoms with Crippen molar-refractivity contribution in [1.82, 2.24) is 20.6 Å². The van der Waals surface area contributed by atoms with Gasteiger partial charge in [-0.05, 0) is 37.0 Å². The topological polar surface area (TPSA) is 90.0 Å². The van der Waals surface area contributed by atoms with Crippen LogP contribution in [0.15, 0.2) is 60.8 Å². The molecule has 3 aromatic rings. The third-order valence-corrected chi connectivity index (χ3v) is 6.68. The Balaban J connectivity index is 1.38. The van der Waals surface area contributed by atoms with E-state index in [0.29, 0.717) is 18.0 Å². The van der Waals surface area contributed by atoms with Crippen LogP contribution in [0.2, 0.25) is 5.02 Å². The van der Waals surface area contributed by atoms with Crippen LogP contribution >= 0.6 is 11.6 Å². The van der Waals surface area contributed by atoms with Crippen LogP contribution in [0.3, 0.4) is 0 Å². The number of carbonyl (C=O) groups is 1. The lowest BCUT2D eigenvalue weighted by molar-refractivity contribution is -0.127. The van der Waals surface area contributed by atoms with Crippen molar-refractivity contribution >= 4 is 17.5 Å². The lowest BCUT2D eigenvalue weighted by atomic mass is 9.96. The minimum atomic E-state index is -0.797. The zero-order valence-electron chi connectivity index (χ0n) is 17.7. The number of nitrogens with zero attached hydrogens (tertiary/aromatic N) is 1. The Morgan fingerprint density at radius 3 is 2.72 bits per heavy atom. The SMILES string of the molecule is O=C(NC1CC1)[C@H]1C[C@@H](NCc2cccc(Cl)c2)[C@H](c2cnc(-c3ccccc3)[nH]2)[C@@H]1O. The van der Waals surface area contributed by atoms with Gasteiger partial charge in [0.15, 0.2) is 0 Å². The molecule has 4 atom stereocenters. The number of aromatic nitrogens is 2. The van der Waals surface area contributed by atoms with E-state index in [1.165, 1.54) is 0 Å². The third kappa shape index (κ3) is 4.58. The number of H-pyrrole nitrogens is 1. The third-order valence-electron chi connectivity index (χ3n) is 6.44. The predicted molar refractivity (Wildman–Crippen MR) is 124 cm³/mol. The summed E-state index contributed by atoms with van der Waals surface area (Å²) in [5, 5.41) is 18.5. The van der Waals surface area contributed by atoms with Crippen molar-refractivity contribution in [3.8, 4) is 11.4 Å². The second-order valence-corrected chi connectivity index (χ2v) is 9.25. The second-order valence-electron chi connectivity index (χ2n) is 8.81. The number of rotatable bonds is 7. The molecule has 7 heteroatoms. The smallest absolute Gasteiger partial charge is 0.226 e. The molecular weight excluding hydrogens is 424 g/mol. The molecule has 0 radical (unpaired) electrons. The van der Waals surface area contributed by atoms with Crippen LogP contribution in [0, 0.1) is 5.92 Å². The highest BCUT2D eigenvalue weighted by atomic mass is 35.5. The molecule has 1 aromatic heterocycles. The van der Waals surface area contributed by atoms with Gasteiger partial charge in [-0.1, -0.05) is 54.1 Å². The number of hydrogen-bond donors (Lipinski definition) is 4. The number of nitrogens with one attached hydrogen (secondary N) is 3. The lowest BCUT2D eigenvalue weighted by Crippen LogP contribution is -2.37. The quantitative estimate of drug-likeness (QED) is 0.442. The van der Waals surface area contributed by atoms with Crippen molar-refractivity contribution in [2.24, 2.45) is 5.92 Å². The first-order valence-corrected chi connectivity index (χ1v) is 11.5. The summed E-state index contributed by atoms with van der Waals surface area (Å²) in [7, 11) is 0. The maximum atomic E-state index is 12.8. The summed E-state index contributed by atoms with van der Waals surface area (Å²) in [6.07, 6.45) is 3.59. The summed E-state index contributed by atoms with van der Waals surface area (Å²) in [5.74, 6) is -0.0258. The molecule has 166 valence electrons. The van der Waals surface area contributed by atoms with Gasteiger partial charge in [-0.15, -0.1) is 0 Å². The Kier molecular flexibility index (Phi) is 6.00. The molecule has 1 heterocycles. The van der Waals surface area contributed by atoms with Gasteiger partial charge in [-0.3, -0.25) is 4.79 Å². The Labute approximate surface area is 192 Å². The minimum Gasteiger partial charge on any atom is -0.392 e. The van der Waals surface area contributed by atoms with Crippen molar-refractivity contribution < 1.29 is 9.90 Å².